The molecule has 0 aliphatic carbocycles. The third-order valence-electron chi connectivity index (χ3n) is 7.17. The summed E-state index contributed by atoms with van der Waals surface area (Å²) in [6, 6.07) is 24.8. The Morgan fingerprint density at radius 1 is 0.582 bits per heavy atom. The maximum atomic E-state index is 12.8. The van der Waals surface area contributed by atoms with E-state index in [0.717, 1.165) is 17.2 Å². The fourth-order valence-electron chi connectivity index (χ4n) is 4.26. The van der Waals surface area contributed by atoms with Crippen LogP contribution in [0.4, 0.5) is 0 Å². The molecule has 4 aromatic rings. The summed E-state index contributed by atoms with van der Waals surface area (Å²) in [6.07, 6.45) is 6.15. The number of rotatable bonds is 9. The number of hydrogen-bond acceptors (Lipinski definition) is 8. The third kappa shape index (κ3) is 12.1. The molecule has 0 saturated carbocycles. The summed E-state index contributed by atoms with van der Waals surface area (Å²) in [5.41, 5.74) is 5.70. The van der Waals surface area contributed by atoms with E-state index in [1.54, 1.807) is 43.3 Å². The maximum absolute atomic E-state index is 12.8. The van der Waals surface area contributed by atoms with Crippen molar-refractivity contribution in [2.24, 2.45) is 0 Å². The average Bonchev–Trinajstić information content (AvgIpc) is 3.17. The molecule has 0 unspecified atom stereocenters. The molecule has 4 aromatic carbocycles. The van der Waals surface area contributed by atoms with Gasteiger partial charge in [0, 0.05) is 45.0 Å². The number of ether oxygens (including phenoxy) is 4. The second-order valence-electron chi connectivity index (χ2n) is 11.8. The molecular weight excluding hydrogens is 693 g/mol. The van der Waals surface area contributed by atoms with Gasteiger partial charge in [0.1, 0.15) is 17.6 Å². The molecule has 0 radical (unpaired) electrons. The minimum absolute atomic E-state index is 0.104. The van der Waals surface area contributed by atoms with E-state index in [2.05, 4.69) is 62.0 Å². The van der Waals surface area contributed by atoms with Gasteiger partial charge >= 0.3 is 23.9 Å². The molecule has 8 heteroatoms. The standard InChI is InChI=1S/C47H34O8/c1-8-44(48)54-41-22-15-35(16-23-41)17-24-42-40(26-28-53-46(50)32(4)5)29-37(30-43(42)55-47(51)33(6)7)10-9-34-11-18-38(19-12-34)39-20-13-36(14-21-39)25-27-52-45(49)31(2)3/h8,11-16,18-23,26,28-30H,1-2,4,6H2,3,5,7H3/b28-26+. The van der Waals surface area contributed by atoms with Gasteiger partial charge in [0.15, 0.2) is 0 Å². The lowest BCUT2D eigenvalue weighted by Crippen LogP contribution is -2.10. The van der Waals surface area contributed by atoms with Crippen molar-refractivity contribution in [1.82, 2.24) is 0 Å². The van der Waals surface area contributed by atoms with Crippen molar-refractivity contribution in [3.8, 4) is 58.3 Å². The van der Waals surface area contributed by atoms with Gasteiger partial charge in [0.2, 0.25) is 0 Å². The van der Waals surface area contributed by atoms with Gasteiger partial charge in [-0.1, -0.05) is 74.3 Å². The van der Waals surface area contributed by atoms with Crippen molar-refractivity contribution < 1.29 is 38.1 Å². The van der Waals surface area contributed by atoms with Crippen LogP contribution >= 0.6 is 0 Å². The number of esters is 4. The third-order valence-corrected chi connectivity index (χ3v) is 7.17. The van der Waals surface area contributed by atoms with Crippen LogP contribution < -0.4 is 9.47 Å². The number of carbonyl (C=O) groups excluding carboxylic acids is 4. The summed E-state index contributed by atoms with van der Waals surface area (Å²) in [5, 5.41) is 0. The Morgan fingerprint density at radius 3 is 1.64 bits per heavy atom. The van der Waals surface area contributed by atoms with Crippen LogP contribution in [0.25, 0.3) is 17.2 Å². The molecule has 0 aliphatic rings. The summed E-state index contributed by atoms with van der Waals surface area (Å²) in [5.74, 6) is 13.1. The zero-order valence-corrected chi connectivity index (χ0v) is 30.4. The molecule has 0 atom stereocenters. The van der Waals surface area contributed by atoms with Crippen LogP contribution in [0.15, 0.2) is 140 Å². The quantitative estimate of drug-likeness (QED) is 0.0559. The van der Waals surface area contributed by atoms with E-state index in [1.165, 1.54) is 26.2 Å². The lowest BCUT2D eigenvalue weighted by Gasteiger charge is -2.10. The molecule has 0 N–H and O–H groups in total. The molecule has 0 fully saturated rings. The smallest absolute Gasteiger partial charge is 0.347 e. The molecule has 4 rings (SSSR count). The normalized spacial score (nSPS) is 9.80. The van der Waals surface area contributed by atoms with Gasteiger partial charge < -0.3 is 18.9 Å². The molecule has 0 spiro atoms. The van der Waals surface area contributed by atoms with Crippen LogP contribution in [0.2, 0.25) is 0 Å². The van der Waals surface area contributed by atoms with Crippen molar-refractivity contribution >= 4 is 30.0 Å². The summed E-state index contributed by atoms with van der Waals surface area (Å²) in [6.45, 7) is 18.8. The Morgan fingerprint density at radius 2 is 1.09 bits per heavy atom. The predicted octanol–water partition coefficient (Wildman–Crippen LogP) is 8.24. The highest BCUT2D eigenvalue weighted by Gasteiger charge is 2.14. The molecule has 0 aromatic heterocycles. The fourth-order valence-corrected chi connectivity index (χ4v) is 4.26. The van der Waals surface area contributed by atoms with Crippen LogP contribution in [0, 0.1) is 35.7 Å². The zero-order valence-electron chi connectivity index (χ0n) is 30.4. The van der Waals surface area contributed by atoms with Crippen molar-refractivity contribution in [2.45, 2.75) is 20.8 Å². The topological polar surface area (TPSA) is 105 Å². The average molecular weight is 727 g/mol. The van der Waals surface area contributed by atoms with Gasteiger partial charge in [-0.3, -0.25) is 0 Å². The molecule has 270 valence electrons. The first-order valence-corrected chi connectivity index (χ1v) is 16.5. The van der Waals surface area contributed by atoms with Crippen LogP contribution in [-0.4, -0.2) is 23.9 Å². The molecule has 0 amide bonds. The van der Waals surface area contributed by atoms with Gasteiger partial charge in [0.05, 0.1) is 11.8 Å². The van der Waals surface area contributed by atoms with Gasteiger partial charge in [-0.25, -0.2) is 19.2 Å². The molecule has 0 bridgehead atoms. The van der Waals surface area contributed by atoms with Crippen molar-refractivity contribution in [2.75, 3.05) is 0 Å². The Balaban J connectivity index is 1.68. The molecule has 8 nitrogen and oxygen atoms in total. The number of benzene rings is 4. The van der Waals surface area contributed by atoms with E-state index in [9.17, 15) is 19.2 Å². The highest BCUT2D eigenvalue weighted by molar-refractivity contribution is 5.90. The first-order chi connectivity index (χ1) is 26.3. The van der Waals surface area contributed by atoms with Crippen LogP contribution in [-0.2, 0) is 28.7 Å². The second kappa shape index (κ2) is 19.1. The minimum atomic E-state index is -0.674. The molecule has 0 heterocycles. The van der Waals surface area contributed by atoms with Crippen LogP contribution in [0.1, 0.15) is 54.2 Å². The maximum Gasteiger partial charge on any atom is 0.347 e. The lowest BCUT2D eigenvalue weighted by molar-refractivity contribution is -0.134. The molecule has 55 heavy (non-hydrogen) atoms. The van der Waals surface area contributed by atoms with E-state index < -0.39 is 23.9 Å². The molecule has 0 aliphatic heterocycles. The highest BCUT2D eigenvalue weighted by atomic mass is 16.5. The van der Waals surface area contributed by atoms with Crippen LogP contribution in [0.3, 0.4) is 0 Å². The van der Waals surface area contributed by atoms with Crippen molar-refractivity contribution in [1.29, 1.82) is 0 Å². The highest BCUT2D eigenvalue weighted by Crippen LogP contribution is 2.27. The van der Waals surface area contributed by atoms with E-state index in [0.29, 0.717) is 39.1 Å². The summed E-state index contributed by atoms with van der Waals surface area (Å²) in [7, 11) is 0. The largest absolute Gasteiger partial charge is 0.431 e. The first kappa shape index (κ1) is 39.9. The summed E-state index contributed by atoms with van der Waals surface area (Å²) >= 11 is 0. The van der Waals surface area contributed by atoms with Crippen molar-refractivity contribution in [3.05, 3.63) is 174 Å². The number of carbonyl (C=O) groups is 4. The number of hydrogen-bond donors (Lipinski definition) is 0. The predicted molar refractivity (Wildman–Crippen MR) is 211 cm³/mol. The van der Waals surface area contributed by atoms with Gasteiger partial charge in [-0.05, 0) is 110 Å². The fraction of sp³-hybridized carbons (Fsp3) is 0.0638. The minimum Gasteiger partial charge on any atom is -0.431 e. The Bertz CT molecular complexity index is 2430. The summed E-state index contributed by atoms with van der Waals surface area (Å²) in [4.78, 5) is 47.9. The van der Waals surface area contributed by atoms with E-state index in [-0.39, 0.29) is 22.5 Å². The first-order valence-electron chi connectivity index (χ1n) is 16.5. The summed E-state index contributed by atoms with van der Waals surface area (Å²) < 4.78 is 20.9. The SMILES string of the molecule is C=CC(=O)Oc1ccc(C#Cc2c(/C=C/OC(=O)C(=C)C)cc(C#Cc3ccc(-c4ccc(C#COC(=O)C(=C)C)cc4)cc3)cc2OC(=O)C(=C)C)cc1. The lowest BCUT2D eigenvalue weighted by atomic mass is 10.0. The Hall–Kier alpha value is -7.86. The van der Waals surface area contributed by atoms with E-state index in [1.807, 2.05) is 48.5 Å². The second-order valence-corrected chi connectivity index (χ2v) is 11.8. The van der Waals surface area contributed by atoms with Gasteiger partial charge in [0.25, 0.3) is 0 Å². The van der Waals surface area contributed by atoms with E-state index in [4.69, 9.17) is 18.9 Å². The monoisotopic (exact) mass is 726 g/mol. The zero-order chi connectivity index (χ0) is 39.9. The Kier molecular flexibility index (Phi) is 13.9. The van der Waals surface area contributed by atoms with Crippen molar-refractivity contribution in [3.63, 3.8) is 0 Å². The van der Waals surface area contributed by atoms with E-state index >= 15 is 0 Å². The Labute approximate surface area is 320 Å². The van der Waals surface area contributed by atoms with Gasteiger partial charge in [-0.15, -0.1) is 0 Å². The molecule has 0 saturated heterocycles. The van der Waals surface area contributed by atoms with Gasteiger partial charge in [-0.2, -0.15) is 0 Å². The van der Waals surface area contributed by atoms with Crippen LogP contribution in [0.5, 0.6) is 11.5 Å². The molecular formula is C47H34O8.